The Morgan fingerprint density at radius 3 is 2.73 bits per heavy atom. The number of benzene rings is 2. The average Bonchev–Trinajstić information content (AvgIpc) is 3.15. The fourth-order valence-corrected chi connectivity index (χ4v) is 4.61. The fraction of sp³-hybridized carbons (Fsp3) is 0.200. The highest BCUT2D eigenvalue weighted by Gasteiger charge is 2.27. The monoisotopic (exact) mass is 463 g/mol. The lowest BCUT2D eigenvalue weighted by Gasteiger charge is -2.24. The number of anilines is 2. The van der Waals surface area contributed by atoms with Crippen LogP contribution in [-0.4, -0.2) is 32.2 Å². The minimum absolute atomic E-state index is 0.158. The summed E-state index contributed by atoms with van der Waals surface area (Å²) < 4.78 is 30.7. The molecule has 1 amide bonds. The van der Waals surface area contributed by atoms with E-state index in [-0.39, 0.29) is 11.8 Å². The van der Waals surface area contributed by atoms with Crippen LogP contribution in [0.1, 0.15) is 5.56 Å². The lowest BCUT2D eigenvalue weighted by atomic mass is 9.96. The molecule has 0 saturated heterocycles. The number of hydrogen-bond donors (Lipinski definition) is 2. The molecule has 1 aromatic heterocycles. The van der Waals surface area contributed by atoms with Crippen molar-refractivity contribution in [2.45, 2.75) is 6.42 Å². The molecule has 10 heteroatoms. The number of amides is 1. The number of nitrogens with one attached hydrogen (secondary N) is 2. The van der Waals surface area contributed by atoms with Gasteiger partial charge < -0.3 is 10.1 Å². The third-order valence-corrected chi connectivity index (χ3v) is 6.12. The molecule has 0 saturated carbocycles. The zero-order chi connectivity index (χ0) is 21.3. The van der Waals surface area contributed by atoms with E-state index in [9.17, 15) is 13.2 Å². The summed E-state index contributed by atoms with van der Waals surface area (Å²) in [6, 6.07) is 12.3. The first-order valence-electron chi connectivity index (χ1n) is 9.03. The number of carbonyl (C=O) groups is 1. The third-order valence-electron chi connectivity index (χ3n) is 4.52. The van der Waals surface area contributed by atoms with Gasteiger partial charge in [0.25, 0.3) is 0 Å². The quantitative estimate of drug-likeness (QED) is 0.595. The van der Waals surface area contributed by atoms with Crippen molar-refractivity contribution in [2.24, 2.45) is 5.92 Å². The zero-order valence-corrected chi connectivity index (χ0v) is 18.3. The maximum absolute atomic E-state index is 12.7. The van der Waals surface area contributed by atoms with Crippen molar-refractivity contribution in [3.05, 3.63) is 58.4 Å². The Labute approximate surface area is 183 Å². The molecule has 156 valence electrons. The van der Waals surface area contributed by atoms with Crippen LogP contribution in [0.15, 0.2) is 47.8 Å². The van der Waals surface area contributed by atoms with Crippen LogP contribution in [-0.2, 0) is 21.2 Å². The summed E-state index contributed by atoms with van der Waals surface area (Å²) in [5, 5.41) is 5.79. The Bertz CT molecular complexity index is 1190. The zero-order valence-electron chi connectivity index (χ0n) is 15.9. The third kappa shape index (κ3) is 4.92. The maximum atomic E-state index is 12.7. The second-order valence-corrected chi connectivity index (χ2v) is 9.99. The second kappa shape index (κ2) is 8.25. The highest BCUT2D eigenvalue weighted by atomic mass is 35.5. The van der Waals surface area contributed by atoms with E-state index < -0.39 is 10.0 Å². The standard InChI is InChI=1S/C20H18ClN3O4S2/c1-30(26,27)24-16-5-2-12(3-6-16)17-11-29-20(22-17)23-19(25)14-8-13-9-15(21)4-7-18(13)28-10-14/h2-7,9,11,14,24H,8,10H2,1H3,(H,22,23,25)/t14-/m1/s1. The van der Waals surface area contributed by atoms with E-state index in [1.807, 2.05) is 17.5 Å². The molecule has 0 aliphatic carbocycles. The molecule has 2 N–H and O–H groups in total. The normalized spacial score (nSPS) is 15.7. The van der Waals surface area contributed by atoms with Gasteiger partial charge in [-0.2, -0.15) is 0 Å². The number of halogens is 1. The molecule has 0 bridgehead atoms. The lowest BCUT2D eigenvalue weighted by molar-refractivity contribution is -0.121. The topological polar surface area (TPSA) is 97.4 Å². The minimum Gasteiger partial charge on any atom is -0.492 e. The number of nitrogens with zero attached hydrogens (tertiary/aromatic N) is 1. The molecule has 30 heavy (non-hydrogen) atoms. The number of ether oxygens (including phenoxy) is 1. The molecule has 4 rings (SSSR count). The fourth-order valence-electron chi connectivity index (χ4n) is 3.13. The molecule has 2 heterocycles. The van der Waals surface area contributed by atoms with Gasteiger partial charge in [-0.3, -0.25) is 9.52 Å². The highest BCUT2D eigenvalue weighted by Crippen LogP contribution is 2.31. The number of aromatic nitrogens is 1. The summed E-state index contributed by atoms with van der Waals surface area (Å²) in [4.78, 5) is 17.1. The Morgan fingerprint density at radius 2 is 2.00 bits per heavy atom. The van der Waals surface area contributed by atoms with Crippen molar-refractivity contribution in [1.29, 1.82) is 0 Å². The molecule has 0 radical (unpaired) electrons. The molecule has 1 aliphatic heterocycles. The average molecular weight is 464 g/mol. The van der Waals surface area contributed by atoms with Gasteiger partial charge in [-0.1, -0.05) is 23.7 Å². The van der Waals surface area contributed by atoms with Gasteiger partial charge >= 0.3 is 0 Å². The number of rotatable bonds is 5. The predicted octanol–water partition coefficient (Wildman–Crippen LogP) is 4.02. The molecule has 3 aromatic rings. The van der Waals surface area contributed by atoms with Gasteiger partial charge in [0.15, 0.2) is 5.13 Å². The van der Waals surface area contributed by atoms with E-state index in [4.69, 9.17) is 16.3 Å². The van der Waals surface area contributed by atoms with Crippen LogP contribution in [0.3, 0.4) is 0 Å². The van der Waals surface area contributed by atoms with E-state index >= 15 is 0 Å². The Morgan fingerprint density at radius 1 is 1.23 bits per heavy atom. The van der Waals surface area contributed by atoms with Crippen LogP contribution in [0.4, 0.5) is 10.8 Å². The summed E-state index contributed by atoms with van der Waals surface area (Å²) in [6.45, 7) is 0.299. The highest BCUT2D eigenvalue weighted by molar-refractivity contribution is 7.92. The summed E-state index contributed by atoms with van der Waals surface area (Å²) in [6.07, 6.45) is 1.65. The van der Waals surface area contributed by atoms with Crippen molar-refractivity contribution in [1.82, 2.24) is 4.98 Å². The molecule has 0 unspecified atom stereocenters. The van der Waals surface area contributed by atoms with E-state index in [0.29, 0.717) is 34.6 Å². The first-order valence-corrected chi connectivity index (χ1v) is 12.2. The van der Waals surface area contributed by atoms with Crippen molar-refractivity contribution < 1.29 is 17.9 Å². The molecular formula is C20H18ClN3O4S2. The van der Waals surface area contributed by atoms with Crippen molar-refractivity contribution in [3.63, 3.8) is 0 Å². The largest absolute Gasteiger partial charge is 0.492 e. The van der Waals surface area contributed by atoms with Crippen molar-refractivity contribution in [2.75, 3.05) is 22.9 Å². The number of carbonyl (C=O) groups excluding carboxylic acids is 1. The van der Waals surface area contributed by atoms with Gasteiger partial charge in [0.2, 0.25) is 15.9 Å². The summed E-state index contributed by atoms with van der Waals surface area (Å²) in [7, 11) is -3.32. The molecular weight excluding hydrogens is 446 g/mol. The molecule has 1 aliphatic rings. The molecule has 1 atom stereocenters. The summed E-state index contributed by atoms with van der Waals surface area (Å²) >= 11 is 7.36. The molecule has 7 nitrogen and oxygen atoms in total. The Kier molecular flexibility index (Phi) is 5.68. The van der Waals surface area contributed by atoms with Gasteiger partial charge in [0.1, 0.15) is 12.4 Å². The van der Waals surface area contributed by atoms with Gasteiger partial charge in [-0.15, -0.1) is 11.3 Å². The van der Waals surface area contributed by atoms with Crippen LogP contribution >= 0.6 is 22.9 Å². The van der Waals surface area contributed by atoms with Crippen LogP contribution in [0, 0.1) is 5.92 Å². The van der Waals surface area contributed by atoms with E-state index in [0.717, 1.165) is 23.1 Å². The lowest BCUT2D eigenvalue weighted by Crippen LogP contribution is -2.32. The van der Waals surface area contributed by atoms with Gasteiger partial charge in [0.05, 0.1) is 17.9 Å². The number of fused-ring (bicyclic) bond motifs is 1. The van der Waals surface area contributed by atoms with Gasteiger partial charge in [-0.25, -0.2) is 13.4 Å². The van der Waals surface area contributed by atoms with Crippen LogP contribution in [0.5, 0.6) is 5.75 Å². The van der Waals surface area contributed by atoms with E-state index in [1.54, 1.807) is 30.3 Å². The summed E-state index contributed by atoms with van der Waals surface area (Å²) in [5.41, 5.74) is 2.90. The number of hydrogen-bond acceptors (Lipinski definition) is 6. The first-order chi connectivity index (χ1) is 14.3. The van der Waals surface area contributed by atoms with E-state index in [1.165, 1.54) is 11.3 Å². The molecule has 2 aromatic carbocycles. The van der Waals surface area contributed by atoms with Gasteiger partial charge in [-0.05, 0) is 42.3 Å². The van der Waals surface area contributed by atoms with Crippen molar-refractivity contribution in [3.8, 4) is 17.0 Å². The smallest absolute Gasteiger partial charge is 0.233 e. The SMILES string of the molecule is CS(=O)(=O)Nc1ccc(-c2csc(NC(=O)[C@H]3COc4ccc(Cl)cc4C3)n2)cc1. The van der Waals surface area contributed by atoms with Crippen LogP contribution in [0.25, 0.3) is 11.3 Å². The minimum atomic E-state index is -3.32. The molecule has 0 fully saturated rings. The van der Waals surface area contributed by atoms with E-state index in [2.05, 4.69) is 15.0 Å². The number of thiazole rings is 1. The van der Waals surface area contributed by atoms with Crippen LogP contribution in [0.2, 0.25) is 5.02 Å². The summed E-state index contributed by atoms with van der Waals surface area (Å²) in [5.74, 6) is 0.271. The first kappa shape index (κ1) is 20.6. The number of sulfonamides is 1. The predicted molar refractivity (Wildman–Crippen MR) is 119 cm³/mol. The van der Waals surface area contributed by atoms with Gasteiger partial charge in [0, 0.05) is 21.7 Å². The Hall–Kier alpha value is -2.62. The van der Waals surface area contributed by atoms with Crippen molar-refractivity contribution >= 4 is 49.7 Å². The maximum Gasteiger partial charge on any atom is 0.233 e. The second-order valence-electron chi connectivity index (χ2n) is 6.94. The van der Waals surface area contributed by atoms with Crippen LogP contribution < -0.4 is 14.8 Å². The Balaban J connectivity index is 1.41. The molecule has 0 spiro atoms.